The Balaban J connectivity index is 1.60. The van der Waals surface area contributed by atoms with Gasteiger partial charge >= 0.3 is 0 Å². The van der Waals surface area contributed by atoms with Crippen LogP contribution in [0.2, 0.25) is 0 Å². The minimum absolute atomic E-state index is 0.202. The maximum Gasteiger partial charge on any atom is 0.162 e. The Morgan fingerprint density at radius 2 is 2.25 bits per heavy atom. The SMILES string of the molecule is CCOc1cccc(CN[C@@H]2COC[C@H]2Cc2cc(C)no2)c1O. The minimum atomic E-state index is 0.202. The second-order valence-corrected chi connectivity index (χ2v) is 6.12. The highest BCUT2D eigenvalue weighted by Gasteiger charge is 2.29. The van der Waals surface area contributed by atoms with Gasteiger partial charge in [-0.25, -0.2) is 0 Å². The van der Waals surface area contributed by atoms with Gasteiger partial charge in [0.05, 0.1) is 25.5 Å². The van der Waals surface area contributed by atoms with E-state index < -0.39 is 0 Å². The van der Waals surface area contributed by atoms with Crippen LogP contribution < -0.4 is 10.1 Å². The predicted octanol–water partition coefficient (Wildman–Crippen LogP) is 2.43. The van der Waals surface area contributed by atoms with Gasteiger partial charge in [0.2, 0.25) is 0 Å². The van der Waals surface area contributed by atoms with Crippen molar-refractivity contribution in [3.63, 3.8) is 0 Å². The molecule has 6 nitrogen and oxygen atoms in total. The van der Waals surface area contributed by atoms with Crippen molar-refractivity contribution >= 4 is 0 Å². The van der Waals surface area contributed by atoms with E-state index in [1.807, 2.05) is 32.0 Å². The van der Waals surface area contributed by atoms with E-state index in [-0.39, 0.29) is 11.8 Å². The maximum atomic E-state index is 10.3. The monoisotopic (exact) mass is 332 g/mol. The Bertz CT molecular complexity index is 671. The fourth-order valence-corrected chi connectivity index (χ4v) is 3.02. The molecule has 2 heterocycles. The largest absolute Gasteiger partial charge is 0.504 e. The standard InChI is InChI=1S/C18H24N2O4/c1-3-23-17-6-4-5-13(18(17)21)9-19-16-11-22-10-14(16)8-15-7-12(2)20-24-15/h4-7,14,16,19,21H,3,8-11H2,1-2H3/t14-,16-/m1/s1. The summed E-state index contributed by atoms with van der Waals surface area (Å²) in [6.45, 7) is 6.26. The molecule has 2 aromatic rings. The number of benzene rings is 1. The average molecular weight is 332 g/mol. The highest BCUT2D eigenvalue weighted by atomic mass is 16.5. The molecule has 0 amide bonds. The molecule has 0 radical (unpaired) electrons. The van der Waals surface area contributed by atoms with Gasteiger partial charge in [0, 0.05) is 36.6 Å². The van der Waals surface area contributed by atoms with Gasteiger partial charge in [-0.15, -0.1) is 0 Å². The molecule has 0 unspecified atom stereocenters. The van der Waals surface area contributed by atoms with E-state index in [1.54, 1.807) is 6.07 Å². The van der Waals surface area contributed by atoms with Gasteiger partial charge < -0.3 is 24.4 Å². The number of phenolic OH excluding ortho intramolecular Hbond substituents is 1. The molecule has 6 heteroatoms. The summed E-state index contributed by atoms with van der Waals surface area (Å²) in [5.41, 5.74) is 1.72. The van der Waals surface area contributed by atoms with E-state index in [9.17, 15) is 5.11 Å². The van der Waals surface area contributed by atoms with Crippen molar-refractivity contribution in [2.24, 2.45) is 5.92 Å². The van der Waals surface area contributed by atoms with E-state index in [1.165, 1.54) is 0 Å². The topological polar surface area (TPSA) is 76.8 Å². The van der Waals surface area contributed by atoms with E-state index in [2.05, 4.69) is 10.5 Å². The normalized spacial score (nSPS) is 20.4. The van der Waals surface area contributed by atoms with Gasteiger partial charge in [-0.2, -0.15) is 0 Å². The van der Waals surface area contributed by atoms with Crippen LogP contribution in [0.1, 0.15) is 23.9 Å². The quantitative estimate of drug-likeness (QED) is 0.811. The van der Waals surface area contributed by atoms with Crippen molar-refractivity contribution in [3.8, 4) is 11.5 Å². The number of para-hydroxylation sites is 1. The molecule has 1 aliphatic rings. The second kappa shape index (κ2) is 7.68. The number of nitrogens with one attached hydrogen (secondary N) is 1. The first-order chi connectivity index (χ1) is 11.7. The van der Waals surface area contributed by atoms with Crippen LogP contribution in [0, 0.1) is 12.8 Å². The number of hydrogen-bond acceptors (Lipinski definition) is 6. The maximum absolute atomic E-state index is 10.3. The van der Waals surface area contributed by atoms with Gasteiger partial charge in [0.15, 0.2) is 11.5 Å². The highest BCUT2D eigenvalue weighted by Crippen LogP contribution is 2.30. The lowest BCUT2D eigenvalue weighted by Crippen LogP contribution is -2.36. The first kappa shape index (κ1) is 16.8. The minimum Gasteiger partial charge on any atom is -0.504 e. The molecule has 2 N–H and O–H groups in total. The summed E-state index contributed by atoms with van der Waals surface area (Å²) in [5, 5.41) is 17.7. The summed E-state index contributed by atoms with van der Waals surface area (Å²) in [6.07, 6.45) is 0.795. The van der Waals surface area contributed by atoms with Crippen LogP contribution in [0.5, 0.6) is 11.5 Å². The zero-order valence-corrected chi connectivity index (χ0v) is 14.1. The summed E-state index contributed by atoms with van der Waals surface area (Å²) in [4.78, 5) is 0. The summed E-state index contributed by atoms with van der Waals surface area (Å²) in [7, 11) is 0. The molecular formula is C18H24N2O4. The lowest BCUT2D eigenvalue weighted by molar-refractivity contribution is 0.181. The molecular weight excluding hydrogens is 308 g/mol. The van der Waals surface area contributed by atoms with Crippen molar-refractivity contribution in [3.05, 3.63) is 41.3 Å². The van der Waals surface area contributed by atoms with Crippen molar-refractivity contribution in [1.29, 1.82) is 0 Å². The molecule has 2 atom stereocenters. The zero-order valence-electron chi connectivity index (χ0n) is 14.1. The number of phenols is 1. The molecule has 1 fully saturated rings. The lowest BCUT2D eigenvalue weighted by atomic mass is 9.98. The number of aromatic hydroxyl groups is 1. The van der Waals surface area contributed by atoms with Crippen LogP contribution in [0.3, 0.4) is 0 Å². The summed E-state index contributed by atoms with van der Waals surface area (Å²) in [5.74, 6) is 1.94. The lowest BCUT2D eigenvalue weighted by Gasteiger charge is -2.19. The summed E-state index contributed by atoms with van der Waals surface area (Å²) >= 11 is 0. The van der Waals surface area contributed by atoms with Crippen LogP contribution in [0.4, 0.5) is 0 Å². The van der Waals surface area contributed by atoms with Crippen LogP contribution in [-0.4, -0.2) is 36.1 Å². The molecule has 1 aliphatic heterocycles. The number of rotatable bonds is 7. The first-order valence-electron chi connectivity index (χ1n) is 8.34. The molecule has 0 aliphatic carbocycles. The van der Waals surface area contributed by atoms with E-state index in [4.69, 9.17) is 14.0 Å². The Labute approximate surface area is 141 Å². The van der Waals surface area contributed by atoms with Gasteiger partial charge in [-0.1, -0.05) is 17.3 Å². The number of aromatic nitrogens is 1. The number of aryl methyl sites for hydroxylation is 1. The van der Waals surface area contributed by atoms with Crippen LogP contribution in [0.15, 0.2) is 28.8 Å². The average Bonchev–Trinajstić information content (AvgIpc) is 3.18. The summed E-state index contributed by atoms with van der Waals surface area (Å²) in [6, 6.07) is 7.74. The molecule has 0 saturated carbocycles. The van der Waals surface area contributed by atoms with Gasteiger partial charge in [-0.3, -0.25) is 0 Å². The third-order valence-corrected chi connectivity index (χ3v) is 4.28. The number of nitrogens with zero attached hydrogens (tertiary/aromatic N) is 1. The second-order valence-electron chi connectivity index (χ2n) is 6.12. The molecule has 0 bridgehead atoms. The molecule has 130 valence electrons. The van der Waals surface area contributed by atoms with Crippen molar-refractivity contribution < 1.29 is 19.1 Å². The number of ether oxygens (including phenoxy) is 2. The fourth-order valence-electron chi connectivity index (χ4n) is 3.02. The molecule has 3 rings (SSSR count). The first-order valence-corrected chi connectivity index (χ1v) is 8.34. The number of hydrogen-bond donors (Lipinski definition) is 2. The van der Waals surface area contributed by atoms with Crippen LogP contribution in [0.25, 0.3) is 0 Å². The Morgan fingerprint density at radius 1 is 1.38 bits per heavy atom. The summed E-state index contributed by atoms with van der Waals surface area (Å²) < 4.78 is 16.4. The molecule has 0 spiro atoms. The van der Waals surface area contributed by atoms with Gasteiger partial charge in [0.1, 0.15) is 5.76 Å². The third kappa shape index (κ3) is 3.88. The smallest absolute Gasteiger partial charge is 0.162 e. The van der Waals surface area contributed by atoms with Crippen molar-refractivity contribution in [2.75, 3.05) is 19.8 Å². The zero-order chi connectivity index (χ0) is 16.9. The molecule has 1 aromatic heterocycles. The van der Waals surface area contributed by atoms with Crippen LogP contribution in [-0.2, 0) is 17.7 Å². The Kier molecular flexibility index (Phi) is 5.37. The van der Waals surface area contributed by atoms with Gasteiger partial charge in [-0.05, 0) is 19.9 Å². The molecule has 1 aromatic carbocycles. The molecule has 1 saturated heterocycles. The molecule has 24 heavy (non-hydrogen) atoms. The van der Waals surface area contributed by atoms with Crippen LogP contribution >= 0.6 is 0 Å². The Morgan fingerprint density at radius 3 is 3.00 bits per heavy atom. The Hall–Kier alpha value is -2.05. The van der Waals surface area contributed by atoms with E-state index >= 15 is 0 Å². The third-order valence-electron chi connectivity index (χ3n) is 4.28. The van der Waals surface area contributed by atoms with E-state index in [0.717, 1.165) is 23.4 Å². The van der Waals surface area contributed by atoms with E-state index in [0.29, 0.717) is 38.0 Å². The fraction of sp³-hybridized carbons (Fsp3) is 0.500. The van der Waals surface area contributed by atoms with Crippen molar-refractivity contribution in [1.82, 2.24) is 10.5 Å². The van der Waals surface area contributed by atoms with Crippen molar-refractivity contribution in [2.45, 2.75) is 32.9 Å². The van der Waals surface area contributed by atoms with Gasteiger partial charge in [0.25, 0.3) is 0 Å². The highest BCUT2D eigenvalue weighted by molar-refractivity contribution is 5.45. The predicted molar refractivity (Wildman–Crippen MR) is 89.2 cm³/mol.